The maximum atomic E-state index is 13.3. The fourth-order valence-electron chi connectivity index (χ4n) is 2.36. The Hall–Kier alpha value is -3.28. The molecule has 126 valence electrons. The molecule has 0 aliphatic rings. The number of benzene rings is 1. The number of carbonyl (C=O) groups is 1. The molecule has 0 radical (unpaired) electrons. The van der Waals surface area contributed by atoms with Gasteiger partial charge < -0.3 is 10.6 Å². The number of hydrogen-bond acceptors (Lipinski definition) is 4. The lowest BCUT2D eigenvalue weighted by atomic mass is 10.2. The van der Waals surface area contributed by atoms with Gasteiger partial charge in [-0.15, -0.1) is 0 Å². The van der Waals surface area contributed by atoms with Crippen molar-refractivity contribution in [2.45, 2.75) is 13.5 Å². The Bertz CT molecular complexity index is 898. The van der Waals surface area contributed by atoms with Gasteiger partial charge in [0.05, 0.1) is 17.8 Å². The summed E-state index contributed by atoms with van der Waals surface area (Å²) in [6, 6.07) is 15.0. The zero-order valence-electron chi connectivity index (χ0n) is 13.7. The molecule has 6 heteroatoms. The van der Waals surface area contributed by atoms with Gasteiger partial charge in [-0.2, -0.15) is 0 Å². The smallest absolute Gasteiger partial charge is 0.255 e. The van der Waals surface area contributed by atoms with Crippen LogP contribution in [0.1, 0.15) is 21.7 Å². The van der Waals surface area contributed by atoms with E-state index < -0.39 is 0 Å². The number of aromatic nitrogens is 2. The molecule has 25 heavy (non-hydrogen) atoms. The van der Waals surface area contributed by atoms with E-state index in [-0.39, 0.29) is 11.7 Å². The van der Waals surface area contributed by atoms with E-state index in [4.69, 9.17) is 0 Å². The van der Waals surface area contributed by atoms with E-state index in [1.54, 1.807) is 30.5 Å². The van der Waals surface area contributed by atoms with E-state index in [0.29, 0.717) is 23.6 Å². The van der Waals surface area contributed by atoms with Crippen LogP contribution in [0.2, 0.25) is 0 Å². The van der Waals surface area contributed by atoms with Crippen molar-refractivity contribution < 1.29 is 9.18 Å². The van der Waals surface area contributed by atoms with Crippen LogP contribution in [-0.2, 0) is 6.54 Å². The number of rotatable bonds is 5. The summed E-state index contributed by atoms with van der Waals surface area (Å²) < 4.78 is 13.3. The third-order valence-electron chi connectivity index (χ3n) is 3.52. The van der Waals surface area contributed by atoms with Crippen molar-refractivity contribution in [2.75, 3.05) is 5.32 Å². The second-order valence-corrected chi connectivity index (χ2v) is 5.49. The molecule has 0 aliphatic heterocycles. The van der Waals surface area contributed by atoms with Crippen molar-refractivity contribution in [3.8, 4) is 0 Å². The molecule has 0 fully saturated rings. The Morgan fingerprint density at radius 3 is 2.76 bits per heavy atom. The highest BCUT2D eigenvalue weighted by Gasteiger charge is 2.12. The molecule has 3 aromatic rings. The predicted octanol–water partition coefficient (Wildman–Crippen LogP) is 3.60. The first kappa shape index (κ1) is 16.6. The lowest BCUT2D eigenvalue weighted by molar-refractivity contribution is 0.0951. The van der Waals surface area contributed by atoms with Crippen molar-refractivity contribution in [3.05, 3.63) is 83.6 Å². The quantitative estimate of drug-likeness (QED) is 0.747. The summed E-state index contributed by atoms with van der Waals surface area (Å²) in [5.74, 6) is -0.282. The van der Waals surface area contributed by atoms with E-state index in [9.17, 15) is 9.18 Å². The molecule has 0 bridgehead atoms. The van der Waals surface area contributed by atoms with Gasteiger partial charge in [0.15, 0.2) is 0 Å². The van der Waals surface area contributed by atoms with Crippen LogP contribution in [0.4, 0.5) is 15.9 Å². The van der Waals surface area contributed by atoms with Crippen LogP contribution >= 0.6 is 0 Å². The summed E-state index contributed by atoms with van der Waals surface area (Å²) in [7, 11) is 0. The van der Waals surface area contributed by atoms with E-state index in [2.05, 4.69) is 20.6 Å². The third kappa shape index (κ3) is 4.38. The number of aryl methyl sites for hydroxylation is 1. The molecule has 0 aliphatic carbocycles. The standard InChI is InChI=1S/C19H17FN4O/c1-13-5-2-8-16(23-13)12-22-19(25)17-9-4-10-21-18(17)24-15-7-3-6-14(20)11-15/h2-11H,12H2,1H3,(H,21,24)(H,22,25). The molecular formula is C19H17FN4O. The highest BCUT2D eigenvalue weighted by molar-refractivity contribution is 5.99. The van der Waals surface area contributed by atoms with Gasteiger partial charge in [0.1, 0.15) is 11.6 Å². The second kappa shape index (κ2) is 7.53. The number of amides is 1. The van der Waals surface area contributed by atoms with Crippen LogP contribution in [0, 0.1) is 12.7 Å². The maximum Gasteiger partial charge on any atom is 0.255 e. The first-order valence-corrected chi connectivity index (χ1v) is 7.80. The fraction of sp³-hybridized carbons (Fsp3) is 0.105. The Morgan fingerprint density at radius 1 is 1.12 bits per heavy atom. The molecule has 0 saturated heterocycles. The summed E-state index contributed by atoms with van der Waals surface area (Å²) in [5, 5.41) is 5.80. The lowest BCUT2D eigenvalue weighted by Crippen LogP contribution is -2.24. The van der Waals surface area contributed by atoms with Crippen LogP contribution in [0.5, 0.6) is 0 Å². The minimum absolute atomic E-state index is 0.282. The van der Waals surface area contributed by atoms with Crippen molar-refractivity contribution in [3.63, 3.8) is 0 Å². The molecule has 2 aromatic heterocycles. The summed E-state index contributed by atoms with van der Waals surface area (Å²) in [6.45, 7) is 2.21. The van der Waals surface area contributed by atoms with Crippen LogP contribution in [-0.4, -0.2) is 15.9 Å². The number of halogens is 1. The van der Waals surface area contributed by atoms with Crippen LogP contribution in [0.3, 0.4) is 0 Å². The average Bonchev–Trinajstić information content (AvgIpc) is 2.60. The van der Waals surface area contributed by atoms with Gasteiger partial charge in [-0.25, -0.2) is 9.37 Å². The van der Waals surface area contributed by atoms with E-state index in [0.717, 1.165) is 11.4 Å². The van der Waals surface area contributed by atoms with Crippen LogP contribution in [0.25, 0.3) is 0 Å². The second-order valence-electron chi connectivity index (χ2n) is 5.49. The fourth-order valence-corrected chi connectivity index (χ4v) is 2.36. The molecule has 2 N–H and O–H groups in total. The SMILES string of the molecule is Cc1cccc(CNC(=O)c2cccnc2Nc2cccc(F)c2)n1. The number of pyridine rings is 2. The molecule has 3 rings (SSSR count). The van der Waals surface area contributed by atoms with Crippen LogP contribution in [0.15, 0.2) is 60.8 Å². The predicted molar refractivity (Wildman–Crippen MR) is 94.1 cm³/mol. The van der Waals surface area contributed by atoms with Gasteiger partial charge >= 0.3 is 0 Å². The Balaban J connectivity index is 1.74. The van der Waals surface area contributed by atoms with Crippen molar-refractivity contribution in [2.24, 2.45) is 0 Å². The molecule has 0 unspecified atom stereocenters. The Kier molecular flexibility index (Phi) is 4.99. The molecule has 0 atom stereocenters. The lowest BCUT2D eigenvalue weighted by Gasteiger charge is -2.11. The zero-order valence-corrected chi connectivity index (χ0v) is 13.7. The summed E-state index contributed by atoms with van der Waals surface area (Å²) in [5.41, 5.74) is 2.56. The first-order chi connectivity index (χ1) is 12.1. The molecule has 2 heterocycles. The minimum atomic E-state index is -0.363. The highest BCUT2D eigenvalue weighted by atomic mass is 19.1. The number of nitrogens with zero attached hydrogens (tertiary/aromatic N) is 2. The molecular weight excluding hydrogens is 319 g/mol. The van der Waals surface area contributed by atoms with E-state index in [1.165, 1.54) is 12.1 Å². The maximum absolute atomic E-state index is 13.3. The molecule has 1 aromatic carbocycles. The van der Waals surface area contributed by atoms with Gasteiger partial charge in [-0.3, -0.25) is 9.78 Å². The van der Waals surface area contributed by atoms with Gasteiger partial charge in [0.25, 0.3) is 5.91 Å². The number of carbonyl (C=O) groups excluding carboxylic acids is 1. The summed E-state index contributed by atoms with van der Waals surface area (Å²) in [6.07, 6.45) is 1.57. The molecule has 1 amide bonds. The normalized spacial score (nSPS) is 10.3. The summed E-state index contributed by atoms with van der Waals surface area (Å²) in [4.78, 5) is 21.0. The van der Waals surface area contributed by atoms with Gasteiger partial charge in [-0.05, 0) is 49.4 Å². The van der Waals surface area contributed by atoms with Crippen molar-refractivity contribution >= 4 is 17.4 Å². The van der Waals surface area contributed by atoms with E-state index in [1.807, 2.05) is 25.1 Å². The zero-order chi connectivity index (χ0) is 17.6. The monoisotopic (exact) mass is 336 g/mol. The minimum Gasteiger partial charge on any atom is -0.346 e. The van der Waals surface area contributed by atoms with Gasteiger partial charge in [0.2, 0.25) is 0 Å². The van der Waals surface area contributed by atoms with E-state index >= 15 is 0 Å². The molecule has 0 spiro atoms. The molecule has 5 nitrogen and oxygen atoms in total. The third-order valence-corrected chi connectivity index (χ3v) is 3.52. The molecule has 0 saturated carbocycles. The Morgan fingerprint density at radius 2 is 1.96 bits per heavy atom. The number of anilines is 2. The first-order valence-electron chi connectivity index (χ1n) is 7.80. The van der Waals surface area contributed by atoms with Crippen LogP contribution < -0.4 is 10.6 Å². The Labute approximate surface area is 145 Å². The average molecular weight is 336 g/mol. The topological polar surface area (TPSA) is 66.9 Å². The highest BCUT2D eigenvalue weighted by Crippen LogP contribution is 2.19. The van der Waals surface area contributed by atoms with Gasteiger partial charge in [0, 0.05) is 17.6 Å². The van der Waals surface area contributed by atoms with Crippen molar-refractivity contribution in [1.82, 2.24) is 15.3 Å². The number of nitrogens with one attached hydrogen (secondary N) is 2. The largest absolute Gasteiger partial charge is 0.346 e. The number of hydrogen-bond donors (Lipinski definition) is 2. The van der Waals surface area contributed by atoms with Gasteiger partial charge in [-0.1, -0.05) is 12.1 Å². The van der Waals surface area contributed by atoms with Crippen molar-refractivity contribution in [1.29, 1.82) is 0 Å². The summed E-state index contributed by atoms with van der Waals surface area (Å²) >= 11 is 0.